The predicted octanol–water partition coefficient (Wildman–Crippen LogP) is 2.14. The number of non-ortho nitro benzene ring substituents is 1. The van der Waals surface area contributed by atoms with Crippen LogP contribution in [0.25, 0.3) is 0 Å². The van der Waals surface area contributed by atoms with E-state index in [1.165, 1.54) is 18.2 Å². The highest BCUT2D eigenvalue weighted by molar-refractivity contribution is 6.51. The number of nitrogens with zero attached hydrogens (tertiary/aromatic N) is 2. The first-order valence-electron chi connectivity index (χ1n) is 5.76. The zero-order valence-electron chi connectivity index (χ0n) is 10.4. The van der Waals surface area contributed by atoms with Gasteiger partial charge in [-0.15, -0.1) is 0 Å². The Morgan fingerprint density at radius 2 is 1.70 bits per heavy atom. The van der Waals surface area contributed by atoms with Crippen LogP contribution in [0.2, 0.25) is 0 Å². The average molecular weight is 269 g/mol. The van der Waals surface area contributed by atoms with Crippen molar-refractivity contribution in [3.8, 4) is 0 Å². The minimum Gasteiger partial charge on any atom is -0.323 e. The second-order valence-corrected chi connectivity index (χ2v) is 3.98. The van der Waals surface area contributed by atoms with Gasteiger partial charge >= 0.3 is 0 Å². The first-order valence-corrected chi connectivity index (χ1v) is 5.76. The molecular formula is C14H11N3O3. The summed E-state index contributed by atoms with van der Waals surface area (Å²) in [7, 11) is 0. The molecule has 0 radical (unpaired) electrons. The van der Waals surface area contributed by atoms with E-state index in [-0.39, 0.29) is 17.2 Å². The Morgan fingerprint density at radius 3 is 2.30 bits per heavy atom. The van der Waals surface area contributed by atoms with Crippen LogP contribution >= 0.6 is 0 Å². The van der Waals surface area contributed by atoms with Gasteiger partial charge in [-0.3, -0.25) is 14.9 Å². The van der Waals surface area contributed by atoms with Crippen molar-refractivity contribution in [2.24, 2.45) is 10.9 Å². The van der Waals surface area contributed by atoms with E-state index in [1.54, 1.807) is 36.4 Å². The van der Waals surface area contributed by atoms with Crippen molar-refractivity contribution >= 4 is 17.2 Å². The highest BCUT2D eigenvalue weighted by Crippen LogP contribution is 2.15. The predicted molar refractivity (Wildman–Crippen MR) is 74.6 cm³/mol. The van der Waals surface area contributed by atoms with E-state index in [4.69, 9.17) is 5.84 Å². The summed E-state index contributed by atoms with van der Waals surface area (Å²) in [6.07, 6.45) is 0. The minimum atomic E-state index is -0.537. The number of ketones is 1. The van der Waals surface area contributed by atoms with Crippen LogP contribution in [0, 0.1) is 10.1 Å². The largest absolute Gasteiger partial charge is 0.323 e. The van der Waals surface area contributed by atoms with Crippen LogP contribution in [-0.2, 0) is 0 Å². The first kappa shape index (κ1) is 13.4. The molecule has 0 bridgehead atoms. The number of benzene rings is 2. The molecule has 6 heteroatoms. The summed E-state index contributed by atoms with van der Waals surface area (Å²) in [5.41, 5.74) is 0.600. The lowest BCUT2D eigenvalue weighted by atomic mass is 10.0. The maximum absolute atomic E-state index is 12.3. The molecule has 2 rings (SSSR count). The first-order chi connectivity index (χ1) is 9.63. The molecule has 0 aromatic heterocycles. The van der Waals surface area contributed by atoms with Crippen molar-refractivity contribution in [1.82, 2.24) is 0 Å². The Kier molecular flexibility index (Phi) is 3.85. The van der Waals surface area contributed by atoms with Gasteiger partial charge in [0.1, 0.15) is 5.71 Å². The number of hydrogen-bond donors (Lipinski definition) is 1. The SMILES string of the molecule is NN=C(C(=O)c1ccccc1)c1cccc([N+](=O)[O-])c1. The topological polar surface area (TPSA) is 98.6 Å². The van der Waals surface area contributed by atoms with Crippen LogP contribution in [0.3, 0.4) is 0 Å². The molecule has 0 aliphatic carbocycles. The van der Waals surface area contributed by atoms with Crippen molar-refractivity contribution in [2.75, 3.05) is 0 Å². The van der Waals surface area contributed by atoms with Crippen molar-refractivity contribution in [3.63, 3.8) is 0 Å². The molecule has 2 aromatic rings. The molecule has 100 valence electrons. The fraction of sp³-hybridized carbons (Fsp3) is 0. The van der Waals surface area contributed by atoms with Gasteiger partial charge in [-0.1, -0.05) is 42.5 Å². The van der Waals surface area contributed by atoms with Crippen LogP contribution < -0.4 is 5.84 Å². The summed E-state index contributed by atoms with van der Waals surface area (Å²) in [4.78, 5) is 22.5. The molecule has 20 heavy (non-hydrogen) atoms. The number of hydrazone groups is 1. The Balaban J connectivity index is 2.41. The molecular weight excluding hydrogens is 258 g/mol. The standard InChI is InChI=1S/C14H11N3O3/c15-16-13(14(18)10-5-2-1-3-6-10)11-7-4-8-12(9-11)17(19)20/h1-9H,15H2. The van der Waals surface area contributed by atoms with E-state index in [9.17, 15) is 14.9 Å². The van der Waals surface area contributed by atoms with Crippen LogP contribution in [0.15, 0.2) is 59.7 Å². The smallest absolute Gasteiger partial charge is 0.270 e. The normalized spacial score (nSPS) is 11.1. The lowest BCUT2D eigenvalue weighted by Gasteiger charge is -2.04. The van der Waals surface area contributed by atoms with Crippen LogP contribution in [0.4, 0.5) is 5.69 Å². The second kappa shape index (κ2) is 5.75. The molecule has 0 spiro atoms. The molecule has 0 atom stereocenters. The number of nitro benzene ring substituents is 1. The average Bonchev–Trinajstić information content (AvgIpc) is 2.49. The molecule has 0 fully saturated rings. The number of Topliss-reactive ketones (excluding diaryl/α,β-unsaturated/α-hetero) is 1. The molecule has 2 N–H and O–H groups in total. The highest BCUT2D eigenvalue weighted by atomic mass is 16.6. The van der Waals surface area contributed by atoms with Gasteiger partial charge in [0.2, 0.25) is 5.78 Å². The zero-order valence-corrected chi connectivity index (χ0v) is 10.4. The van der Waals surface area contributed by atoms with Gasteiger partial charge in [0, 0.05) is 23.3 Å². The van der Waals surface area contributed by atoms with E-state index in [1.807, 2.05) is 0 Å². The molecule has 0 unspecified atom stereocenters. The maximum atomic E-state index is 12.3. The van der Waals surface area contributed by atoms with Gasteiger partial charge in [0.15, 0.2) is 0 Å². The monoisotopic (exact) mass is 269 g/mol. The van der Waals surface area contributed by atoms with Gasteiger partial charge in [-0.25, -0.2) is 0 Å². The lowest BCUT2D eigenvalue weighted by Crippen LogP contribution is -2.17. The summed E-state index contributed by atoms with van der Waals surface area (Å²) in [5, 5.41) is 14.2. The van der Waals surface area contributed by atoms with Gasteiger partial charge in [0.25, 0.3) is 5.69 Å². The third kappa shape index (κ3) is 2.69. The molecule has 0 amide bonds. The van der Waals surface area contributed by atoms with Gasteiger partial charge in [-0.2, -0.15) is 5.10 Å². The van der Waals surface area contributed by atoms with Crippen LogP contribution in [0.5, 0.6) is 0 Å². The summed E-state index contributed by atoms with van der Waals surface area (Å²) >= 11 is 0. The Hall–Kier alpha value is -3.02. The van der Waals surface area contributed by atoms with Crippen molar-refractivity contribution < 1.29 is 9.72 Å². The summed E-state index contributed by atoms with van der Waals surface area (Å²) in [6.45, 7) is 0. The highest BCUT2D eigenvalue weighted by Gasteiger charge is 2.18. The Bertz CT molecular complexity index is 681. The van der Waals surface area contributed by atoms with E-state index in [0.717, 1.165) is 0 Å². The van der Waals surface area contributed by atoms with Gasteiger partial charge < -0.3 is 5.84 Å². The van der Waals surface area contributed by atoms with Crippen molar-refractivity contribution in [2.45, 2.75) is 0 Å². The molecule has 0 aliphatic heterocycles. The van der Waals surface area contributed by atoms with Crippen LogP contribution in [0.1, 0.15) is 15.9 Å². The maximum Gasteiger partial charge on any atom is 0.270 e. The van der Waals surface area contributed by atoms with Crippen LogP contribution in [-0.4, -0.2) is 16.4 Å². The Morgan fingerprint density at radius 1 is 1.05 bits per heavy atom. The summed E-state index contributed by atoms with van der Waals surface area (Å²) < 4.78 is 0. The van der Waals surface area contributed by atoms with Gasteiger partial charge in [0.05, 0.1) is 4.92 Å². The molecule has 0 saturated heterocycles. The Labute approximate surface area is 114 Å². The molecule has 0 heterocycles. The fourth-order valence-electron chi connectivity index (χ4n) is 1.76. The molecule has 2 aromatic carbocycles. The molecule has 6 nitrogen and oxygen atoms in total. The number of hydrogen-bond acceptors (Lipinski definition) is 5. The van der Waals surface area contributed by atoms with E-state index in [2.05, 4.69) is 5.10 Å². The summed E-state index contributed by atoms with van der Waals surface area (Å²) in [6, 6.07) is 14.1. The summed E-state index contributed by atoms with van der Waals surface area (Å²) in [5.74, 6) is 4.89. The van der Waals surface area contributed by atoms with Gasteiger partial charge in [-0.05, 0) is 0 Å². The third-order valence-electron chi connectivity index (χ3n) is 2.71. The number of nitrogens with two attached hydrogens (primary N) is 1. The van der Waals surface area contributed by atoms with E-state index < -0.39 is 4.92 Å². The number of rotatable bonds is 4. The minimum absolute atomic E-state index is 0.0140. The zero-order chi connectivity index (χ0) is 14.5. The molecule has 0 saturated carbocycles. The third-order valence-corrected chi connectivity index (χ3v) is 2.71. The van der Waals surface area contributed by atoms with Crippen molar-refractivity contribution in [1.29, 1.82) is 0 Å². The van der Waals surface area contributed by atoms with E-state index >= 15 is 0 Å². The molecule has 0 aliphatic rings. The number of carbonyl (C=O) groups is 1. The second-order valence-electron chi connectivity index (χ2n) is 3.98. The lowest BCUT2D eigenvalue weighted by molar-refractivity contribution is -0.384. The fourth-order valence-corrected chi connectivity index (χ4v) is 1.76. The number of nitro groups is 1. The van der Waals surface area contributed by atoms with Crippen molar-refractivity contribution in [3.05, 3.63) is 75.8 Å². The number of carbonyl (C=O) groups excluding carboxylic acids is 1. The van der Waals surface area contributed by atoms with E-state index in [0.29, 0.717) is 11.1 Å². The quantitative estimate of drug-likeness (QED) is 0.302.